The van der Waals surface area contributed by atoms with Crippen molar-refractivity contribution in [1.29, 1.82) is 0 Å². The number of nitrogens with one attached hydrogen (secondary N) is 1. The first kappa shape index (κ1) is 14.3. The molecule has 4 rings (SSSR count). The Morgan fingerprint density at radius 1 is 1.30 bits per heavy atom. The molecule has 0 bridgehead atoms. The van der Waals surface area contributed by atoms with E-state index < -0.39 is 5.97 Å². The van der Waals surface area contributed by atoms with Gasteiger partial charge in [0.2, 0.25) is 0 Å². The van der Waals surface area contributed by atoms with E-state index in [0.717, 1.165) is 11.4 Å². The number of carboxylic acid groups (broad SMARTS) is 1. The lowest BCUT2D eigenvalue weighted by molar-refractivity contribution is 0.0697. The molecule has 2 N–H and O–H groups in total. The third-order valence-electron chi connectivity index (χ3n) is 5.52. The van der Waals surface area contributed by atoms with E-state index in [1.807, 2.05) is 18.2 Å². The fraction of sp³-hybridized carbons (Fsp3) is 0.444. The van der Waals surface area contributed by atoms with Gasteiger partial charge in [-0.3, -0.25) is 5.10 Å². The fourth-order valence-corrected chi connectivity index (χ4v) is 4.49. The van der Waals surface area contributed by atoms with Crippen molar-refractivity contribution in [3.05, 3.63) is 47.3 Å². The van der Waals surface area contributed by atoms with Crippen LogP contribution in [-0.4, -0.2) is 28.3 Å². The molecule has 2 aliphatic rings. The van der Waals surface area contributed by atoms with Gasteiger partial charge in [0.15, 0.2) is 0 Å². The second-order valence-corrected chi connectivity index (χ2v) is 6.72. The van der Waals surface area contributed by atoms with E-state index in [9.17, 15) is 9.90 Å². The summed E-state index contributed by atoms with van der Waals surface area (Å²) < 4.78 is 0. The predicted octanol–water partition coefficient (Wildman–Crippen LogP) is 3.57. The number of aromatic carboxylic acids is 1. The number of carboxylic acids is 1. The minimum Gasteiger partial charge on any atom is -0.478 e. The quantitative estimate of drug-likeness (QED) is 0.909. The summed E-state index contributed by atoms with van der Waals surface area (Å²) in [6.45, 7) is 0. The molecule has 0 spiro atoms. The molecule has 5 heteroatoms. The molecular weight excluding hydrogens is 290 g/mol. The van der Waals surface area contributed by atoms with Crippen molar-refractivity contribution in [3.63, 3.8) is 0 Å². The first-order valence-electron chi connectivity index (χ1n) is 8.26. The van der Waals surface area contributed by atoms with Gasteiger partial charge < -0.3 is 10.0 Å². The van der Waals surface area contributed by atoms with Crippen molar-refractivity contribution in [2.45, 2.75) is 37.6 Å². The number of benzene rings is 1. The maximum absolute atomic E-state index is 11.3. The third-order valence-corrected chi connectivity index (χ3v) is 5.52. The molecule has 1 aliphatic heterocycles. The van der Waals surface area contributed by atoms with E-state index in [1.54, 1.807) is 12.3 Å². The van der Waals surface area contributed by atoms with Crippen molar-refractivity contribution in [3.8, 4) is 0 Å². The van der Waals surface area contributed by atoms with Crippen LogP contribution in [0, 0.1) is 5.92 Å². The van der Waals surface area contributed by atoms with E-state index in [1.165, 1.54) is 31.2 Å². The summed E-state index contributed by atoms with van der Waals surface area (Å²) in [4.78, 5) is 13.5. The van der Waals surface area contributed by atoms with Crippen molar-refractivity contribution in [2.24, 2.45) is 5.92 Å². The zero-order valence-corrected chi connectivity index (χ0v) is 13.2. The molecule has 1 saturated carbocycles. The Morgan fingerprint density at radius 2 is 2.09 bits per heavy atom. The Labute approximate surface area is 135 Å². The van der Waals surface area contributed by atoms with Gasteiger partial charge in [0, 0.05) is 24.8 Å². The predicted molar refractivity (Wildman–Crippen MR) is 87.8 cm³/mol. The van der Waals surface area contributed by atoms with Gasteiger partial charge in [0.05, 0.1) is 17.3 Å². The van der Waals surface area contributed by atoms with Crippen LogP contribution in [0.2, 0.25) is 0 Å². The van der Waals surface area contributed by atoms with Crippen LogP contribution in [0.25, 0.3) is 0 Å². The van der Waals surface area contributed by atoms with Gasteiger partial charge in [-0.15, -0.1) is 0 Å². The molecule has 0 amide bonds. The summed E-state index contributed by atoms with van der Waals surface area (Å²) in [5, 5.41) is 16.5. The van der Waals surface area contributed by atoms with Gasteiger partial charge in [0.25, 0.3) is 0 Å². The average molecular weight is 311 g/mol. The summed E-state index contributed by atoms with van der Waals surface area (Å²) in [5.74, 6) is 0.187. The molecule has 120 valence electrons. The van der Waals surface area contributed by atoms with Crippen LogP contribution in [0.3, 0.4) is 0 Å². The normalized spacial score (nSPS) is 24.1. The molecule has 1 aromatic heterocycles. The van der Waals surface area contributed by atoms with Gasteiger partial charge in [-0.25, -0.2) is 4.79 Å². The molecule has 0 saturated heterocycles. The minimum atomic E-state index is -0.872. The number of likely N-dealkylation sites (N-methyl/N-ethyl adjacent to an activating group) is 1. The van der Waals surface area contributed by atoms with Gasteiger partial charge in [0.1, 0.15) is 0 Å². The van der Waals surface area contributed by atoms with Gasteiger partial charge in [-0.2, -0.15) is 5.10 Å². The number of carbonyl (C=O) groups is 1. The van der Waals surface area contributed by atoms with Crippen LogP contribution in [-0.2, 0) is 0 Å². The second-order valence-electron chi connectivity index (χ2n) is 6.72. The topological polar surface area (TPSA) is 69.2 Å². The first-order valence-corrected chi connectivity index (χ1v) is 8.26. The maximum Gasteiger partial charge on any atom is 0.335 e. The van der Waals surface area contributed by atoms with E-state index in [2.05, 4.69) is 22.1 Å². The Balaban J connectivity index is 1.82. The lowest BCUT2D eigenvalue weighted by Crippen LogP contribution is -2.25. The number of rotatable bonds is 3. The summed E-state index contributed by atoms with van der Waals surface area (Å²) in [7, 11) is 2.06. The van der Waals surface area contributed by atoms with Crippen LogP contribution in [0.5, 0.6) is 0 Å². The minimum absolute atomic E-state index is 0.208. The monoisotopic (exact) mass is 311 g/mol. The van der Waals surface area contributed by atoms with Crippen molar-refractivity contribution >= 4 is 11.7 Å². The van der Waals surface area contributed by atoms with Gasteiger partial charge in [-0.05, 0) is 42.5 Å². The Kier molecular flexibility index (Phi) is 3.36. The fourth-order valence-electron chi connectivity index (χ4n) is 4.49. The number of fused-ring (bicyclic) bond motifs is 1. The van der Waals surface area contributed by atoms with Gasteiger partial charge in [-0.1, -0.05) is 18.9 Å². The zero-order valence-electron chi connectivity index (χ0n) is 13.2. The summed E-state index contributed by atoms with van der Waals surface area (Å²) in [6.07, 6.45) is 6.89. The van der Waals surface area contributed by atoms with E-state index in [0.29, 0.717) is 17.4 Å². The number of hydrogen-bond acceptors (Lipinski definition) is 3. The number of aromatic amines is 1. The molecule has 1 aromatic carbocycles. The maximum atomic E-state index is 11.3. The lowest BCUT2D eigenvalue weighted by atomic mass is 9.80. The van der Waals surface area contributed by atoms with Crippen molar-refractivity contribution in [1.82, 2.24) is 10.2 Å². The highest BCUT2D eigenvalue weighted by molar-refractivity contribution is 5.89. The largest absolute Gasteiger partial charge is 0.478 e. The highest BCUT2D eigenvalue weighted by Gasteiger charge is 2.43. The Bertz CT molecular complexity index is 720. The van der Waals surface area contributed by atoms with Crippen LogP contribution >= 0.6 is 0 Å². The highest BCUT2D eigenvalue weighted by Crippen LogP contribution is 2.54. The Hall–Kier alpha value is -2.30. The molecule has 1 fully saturated rings. The van der Waals surface area contributed by atoms with E-state index in [-0.39, 0.29) is 6.04 Å². The molecular formula is C18H21N3O2. The SMILES string of the molecule is CN1c2cc(C(=O)O)ccc2C(C2CCCC2)C1c1ccn[nH]1. The lowest BCUT2D eigenvalue weighted by Gasteiger charge is -2.29. The number of anilines is 1. The van der Waals surface area contributed by atoms with Crippen LogP contribution in [0.1, 0.15) is 59.3 Å². The van der Waals surface area contributed by atoms with E-state index >= 15 is 0 Å². The summed E-state index contributed by atoms with van der Waals surface area (Å²) in [6, 6.07) is 7.82. The summed E-state index contributed by atoms with van der Waals surface area (Å²) >= 11 is 0. The Morgan fingerprint density at radius 3 is 2.74 bits per heavy atom. The van der Waals surface area contributed by atoms with Crippen molar-refractivity contribution in [2.75, 3.05) is 11.9 Å². The van der Waals surface area contributed by atoms with E-state index in [4.69, 9.17) is 0 Å². The van der Waals surface area contributed by atoms with Crippen LogP contribution in [0.15, 0.2) is 30.5 Å². The molecule has 23 heavy (non-hydrogen) atoms. The molecule has 2 heterocycles. The molecule has 5 nitrogen and oxygen atoms in total. The zero-order chi connectivity index (χ0) is 16.0. The molecule has 1 aliphatic carbocycles. The number of aromatic nitrogens is 2. The second kappa shape index (κ2) is 5.41. The number of nitrogens with zero attached hydrogens (tertiary/aromatic N) is 2. The third kappa shape index (κ3) is 2.22. The molecule has 2 atom stereocenters. The smallest absolute Gasteiger partial charge is 0.335 e. The molecule has 0 radical (unpaired) electrons. The van der Waals surface area contributed by atoms with Crippen LogP contribution < -0.4 is 4.90 Å². The molecule has 2 aromatic rings. The standard InChI is InChI=1S/C18H21N3O2/c1-21-15-10-12(18(22)23)6-7-13(15)16(11-4-2-3-5-11)17(21)14-8-9-19-20-14/h6-11,16-17H,2-5H2,1H3,(H,19,20)(H,22,23). The van der Waals surface area contributed by atoms with Gasteiger partial charge >= 0.3 is 5.97 Å². The summed E-state index contributed by atoms with van der Waals surface area (Å²) in [5.41, 5.74) is 3.79. The highest BCUT2D eigenvalue weighted by atomic mass is 16.4. The molecule has 2 unspecified atom stereocenters. The van der Waals surface area contributed by atoms with Crippen molar-refractivity contribution < 1.29 is 9.90 Å². The number of hydrogen-bond donors (Lipinski definition) is 2. The average Bonchev–Trinajstić information content (AvgIpc) is 3.26. The van der Waals surface area contributed by atoms with Crippen LogP contribution in [0.4, 0.5) is 5.69 Å². The number of H-pyrrole nitrogens is 1. The first-order chi connectivity index (χ1) is 11.2.